The van der Waals surface area contributed by atoms with Crippen LogP contribution < -0.4 is 14.8 Å². The number of carbonyl (C=O) groups excluding carboxylic acids is 1. The molecule has 10 heteroatoms. The quantitative estimate of drug-likeness (QED) is 0.293. The number of esters is 1. The zero-order valence-electron chi connectivity index (χ0n) is 22.6. The first-order valence-corrected chi connectivity index (χ1v) is 14.5. The van der Waals surface area contributed by atoms with Crippen LogP contribution >= 0.6 is 11.6 Å². The van der Waals surface area contributed by atoms with Gasteiger partial charge in [0.15, 0.2) is 17.7 Å². The fourth-order valence-electron chi connectivity index (χ4n) is 5.67. The van der Waals surface area contributed by atoms with E-state index in [-0.39, 0.29) is 22.6 Å². The summed E-state index contributed by atoms with van der Waals surface area (Å²) in [6.07, 6.45) is 7.84. The summed E-state index contributed by atoms with van der Waals surface area (Å²) >= 11 is 6.00. The Labute approximate surface area is 238 Å². The lowest BCUT2D eigenvalue weighted by atomic mass is 9.72. The molecule has 2 saturated heterocycles. The molecule has 3 fully saturated rings. The Hall–Kier alpha value is -3.17. The molecular formula is C30H34ClFN4O4. The molecule has 1 spiro atoms. The van der Waals surface area contributed by atoms with Gasteiger partial charge in [0.25, 0.3) is 0 Å². The predicted octanol–water partition coefficient (Wildman–Crippen LogP) is 6.49. The molecule has 0 bridgehead atoms. The van der Waals surface area contributed by atoms with E-state index in [1.807, 2.05) is 12.1 Å². The average molecular weight is 569 g/mol. The van der Waals surface area contributed by atoms with E-state index in [2.05, 4.69) is 27.1 Å². The van der Waals surface area contributed by atoms with Gasteiger partial charge in [0, 0.05) is 30.2 Å². The van der Waals surface area contributed by atoms with Crippen LogP contribution in [0.4, 0.5) is 15.9 Å². The lowest BCUT2D eigenvalue weighted by molar-refractivity contribution is -0.156. The summed E-state index contributed by atoms with van der Waals surface area (Å²) in [5.41, 5.74) is 1.37. The van der Waals surface area contributed by atoms with Gasteiger partial charge in [-0.15, -0.1) is 0 Å². The van der Waals surface area contributed by atoms with Crippen LogP contribution in [-0.4, -0.2) is 53.4 Å². The fraction of sp³-hybridized carbons (Fsp3) is 0.500. The molecule has 3 aromatic rings. The average Bonchev–Trinajstić information content (AvgIpc) is 3.78. The summed E-state index contributed by atoms with van der Waals surface area (Å²) in [5.74, 6) is 1.88. The highest BCUT2D eigenvalue weighted by Crippen LogP contribution is 2.43. The molecule has 0 amide bonds. The number of halogens is 2. The number of aromatic nitrogens is 2. The Kier molecular flexibility index (Phi) is 7.68. The van der Waals surface area contributed by atoms with E-state index in [0.717, 1.165) is 44.2 Å². The number of benzene rings is 2. The second-order valence-corrected chi connectivity index (χ2v) is 11.6. The maximum absolute atomic E-state index is 13.7. The van der Waals surface area contributed by atoms with Gasteiger partial charge in [-0.2, -0.15) is 0 Å². The van der Waals surface area contributed by atoms with Crippen LogP contribution in [0.1, 0.15) is 51.9 Å². The van der Waals surface area contributed by atoms with Gasteiger partial charge in [-0.3, -0.25) is 9.69 Å². The first kappa shape index (κ1) is 27.0. The fourth-order valence-corrected chi connectivity index (χ4v) is 5.85. The number of cyclic esters (lactones) is 1. The van der Waals surface area contributed by atoms with Crippen LogP contribution in [0.5, 0.6) is 11.5 Å². The molecule has 3 aliphatic rings. The van der Waals surface area contributed by atoms with Gasteiger partial charge in [0.05, 0.1) is 30.2 Å². The Morgan fingerprint density at radius 2 is 2.00 bits per heavy atom. The number of nitrogens with zero attached hydrogens (tertiary/aromatic N) is 3. The molecule has 1 unspecified atom stereocenters. The first-order valence-electron chi connectivity index (χ1n) is 14.1. The highest BCUT2D eigenvalue weighted by molar-refractivity contribution is 6.31. The van der Waals surface area contributed by atoms with Crippen molar-refractivity contribution in [3.05, 3.63) is 47.5 Å². The van der Waals surface area contributed by atoms with Gasteiger partial charge in [0.1, 0.15) is 18.0 Å². The zero-order valence-corrected chi connectivity index (χ0v) is 23.4. The number of hydrogen-bond donors (Lipinski definition) is 1. The Morgan fingerprint density at radius 3 is 2.73 bits per heavy atom. The van der Waals surface area contributed by atoms with Crippen LogP contribution in [0.2, 0.25) is 5.02 Å². The van der Waals surface area contributed by atoms with E-state index in [9.17, 15) is 9.18 Å². The molecule has 2 aromatic carbocycles. The van der Waals surface area contributed by atoms with Gasteiger partial charge in [-0.05, 0) is 74.1 Å². The third-order valence-electron chi connectivity index (χ3n) is 8.35. The second-order valence-electron chi connectivity index (χ2n) is 11.2. The number of likely N-dealkylation sites (tertiary alicyclic amines) is 1. The standard InChI is InChI=1S/C30H34ClFN4O4/c1-2-27(36-10-7-30(8-11-36)9-12-38-28(37)16-30)40-26-14-21-24(15-25(26)39-17-19-3-4-19)33-18-34-29(21)35-20-5-6-23(32)22(31)13-20/h5-6,13-15,18-19,27H,2-4,7-12,16-17H2,1H3,(H,33,34,35). The number of rotatable bonds is 9. The summed E-state index contributed by atoms with van der Waals surface area (Å²) in [6, 6.07) is 8.29. The number of ether oxygens (including phenoxy) is 3. The van der Waals surface area contributed by atoms with E-state index in [0.29, 0.717) is 54.1 Å². The maximum Gasteiger partial charge on any atom is 0.306 e. The molecule has 3 heterocycles. The molecule has 1 aliphatic carbocycles. The van der Waals surface area contributed by atoms with Gasteiger partial charge in [-0.25, -0.2) is 14.4 Å². The predicted molar refractivity (Wildman–Crippen MR) is 151 cm³/mol. The lowest BCUT2D eigenvalue weighted by Gasteiger charge is -2.45. The number of piperidine rings is 1. The van der Waals surface area contributed by atoms with Crippen molar-refractivity contribution in [2.75, 3.05) is 31.6 Å². The van der Waals surface area contributed by atoms with Gasteiger partial charge >= 0.3 is 5.97 Å². The van der Waals surface area contributed by atoms with E-state index >= 15 is 0 Å². The third kappa shape index (κ3) is 5.95. The van der Waals surface area contributed by atoms with Crippen molar-refractivity contribution in [2.45, 2.75) is 58.1 Å². The van der Waals surface area contributed by atoms with Crippen LogP contribution in [0.3, 0.4) is 0 Å². The smallest absolute Gasteiger partial charge is 0.306 e. The second kappa shape index (κ2) is 11.4. The molecular weight excluding hydrogens is 535 g/mol. The van der Waals surface area contributed by atoms with Crippen molar-refractivity contribution < 1.29 is 23.4 Å². The summed E-state index contributed by atoms with van der Waals surface area (Å²) < 4.78 is 31.9. The lowest BCUT2D eigenvalue weighted by Crippen LogP contribution is -2.49. The molecule has 6 rings (SSSR count). The van der Waals surface area contributed by atoms with Crippen molar-refractivity contribution in [1.82, 2.24) is 14.9 Å². The van der Waals surface area contributed by atoms with Crippen molar-refractivity contribution in [3.8, 4) is 11.5 Å². The van der Waals surface area contributed by atoms with E-state index in [1.165, 1.54) is 31.3 Å². The Morgan fingerprint density at radius 1 is 1.18 bits per heavy atom. The molecule has 2 aliphatic heterocycles. The summed E-state index contributed by atoms with van der Waals surface area (Å²) in [5, 5.41) is 4.03. The van der Waals surface area contributed by atoms with Crippen molar-refractivity contribution in [3.63, 3.8) is 0 Å². The SMILES string of the molecule is CCC(Oc1cc2c(Nc3ccc(F)c(Cl)c3)ncnc2cc1OCC1CC1)N1CCC2(CCOC(=O)C2)CC1. The third-order valence-corrected chi connectivity index (χ3v) is 8.64. The maximum atomic E-state index is 13.7. The number of nitrogens with one attached hydrogen (secondary N) is 1. The highest BCUT2D eigenvalue weighted by Gasteiger charge is 2.41. The molecule has 1 N–H and O–H groups in total. The summed E-state index contributed by atoms with van der Waals surface area (Å²) in [7, 11) is 0. The Balaban J connectivity index is 1.26. The molecule has 1 aromatic heterocycles. The van der Waals surface area contributed by atoms with Gasteiger partial charge in [-0.1, -0.05) is 18.5 Å². The van der Waals surface area contributed by atoms with Crippen molar-refractivity contribution >= 4 is 40.0 Å². The Bertz CT molecular complexity index is 1390. The van der Waals surface area contributed by atoms with Crippen LogP contribution in [0.15, 0.2) is 36.7 Å². The molecule has 1 saturated carbocycles. The zero-order chi connectivity index (χ0) is 27.7. The van der Waals surface area contributed by atoms with E-state index in [1.54, 1.807) is 6.07 Å². The monoisotopic (exact) mass is 568 g/mol. The number of carbonyl (C=O) groups is 1. The molecule has 8 nitrogen and oxygen atoms in total. The van der Waals surface area contributed by atoms with E-state index in [4.69, 9.17) is 25.8 Å². The first-order chi connectivity index (χ1) is 19.4. The minimum atomic E-state index is -0.481. The number of hydrogen-bond acceptors (Lipinski definition) is 8. The molecule has 1 atom stereocenters. The minimum absolute atomic E-state index is 0.0300. The van der Waals surface area contributed by atoms with E-state index < -0.39 is 5.82 Å². The van der Waals surface area contributed by atoms with Gasteiger partial charge < -0.3 is 19.5 Å². The van der Waals surface area contributed by atoms with Crippen LogP contribution in [-0.2, 0) is 9.53 Å². The topological polar surface area (TPSA) is 85.8 Å². The van der Waals surface area contributed by atoms with Crippen molar-refractivity contribution in [2.24, 2.45) is 11.3 Å². The van der Waals surface area contributed by atoms with Crippen LogP contribution in [0, 0.1) is 17.2 Å². The summed E-state index contributed by atoms with van der Waals surface area (Å²) in [6.45, 7) is 5.00. The van der Waals surface area contributed by atoms with Gasteiger partial charge in [0.2, 0.25) is 0 Å². The van der Waals surface area contributed by atoms with Crippen LogP contribution in [0.25, 0.3) is 10.9 Å². The normalized spacial score (nSPS) is 19.8. The highest BCUT2D eigenvalue weighted by atomic mass is 35.5. The number of fused-ring (bicyclic) bond motifs is 1. The largest absolute Gasteiger partial charge is 0.489 e. The minimum Gasteiger partial charge on any atom is -0.489 e. The molecule has 0 radical (unpaired) electrons. The van der Waals surface area contributed by atoms with Crippen molar-refractivity contribution in [1.29, 1.82) is 0 Å². The molecule has 40 heavy (non-hydrogen) atoms. The summed E-state index contributed by atoms with van der Waals surface area (Å²) in [4.78, 5) is 23.3. The molecule has 212 valence electrons. The number of anilines is 2.